The first-order valence-corrected chi connectivity index (χ1v) is 7.31. The zero-order chi connectivity index (χ0) is 16.6. The number of nitrogens with one attached hydrogen (secondary N) is 1. The summed E-state index contributed by atoms with van der Waals surface area (Å²) >= 11 is 0. The zero-order valence-electron chi connectivity index (χ0n) is 13.4. The molecular weight excluding hydrogens is 330 g/mol. The Morgan fingerprint density at radius 1 is 1.17 bits per heavy atom. The summed E-state index contributed by atoms with van der Waals surface area (Å²) in [5, 5.41) is 13.7. The van der Waals surface area contributed by atoms with Crippen LogP contribution < -0.4 is 10.2 Å². The van der Waals surface area contributed by atoms with Crippen molar-refractivity contribution >= 4 is 35.4 Å². The van der Waals surface area contributed by atoms with Crippen molar-refractivity contribution in [3.8, 4) is 0 Å². The van der Waals surface area contributed by atoms with Crippen LogP contribution in [-0.2, 0) is 11.2 Å². The van der Waals surface area contributed by atoms with E-state index in [9.17, 15) is 14.9 Å². The molecule has 1 unspecified atom stereocenters. The average molecular weight is 348 g/mol. The van der Waals surface area contributed by atoms with E-state index in [2.05, 4.69) is 5.32 Å². The number of non-ortho nitro benzene ring substituents is 1. The molecule has 0 bridgehead atoms. The van der Waals surface area contributed by atoms with Gasteiger partial charge in [-0.25, -0.2) is 0 Å². The van der Waals surface area contributed by atoms with Gasteiger partial charge in [0.25, 0.3) is 5.69 Å². The van der Waals surface area contributed by atoms with Gasteiger partial charge in [-0.05, 0) is 35.7 Å². The third-order valence-electron chi connectivity index (χ3n) is 4.09. The summed E-state index contributed by atoms with van der Waals surface area (Å²) in [5.74, 6) is -0.507. The van der Waals surface area contributed by atoms with Gasteiger partial charge in [0.15, 0.2) is 0 Å². The summed E-state index contributed by atoms with van der Waals surface area (Å²) in [4.78, 5) is 24.7. The summed E-state index contributed by atoms with van der Waals surface area (Å²) in [5.41, 5.74) is 3.47. The maximum absolute atomic E-state index is 12.2. The number of benzene rings is 2. The Morgan fingerprint density at radius 2 is 1.83 bits per heavy atom. The minimum atomic E-state index is -0.438. The SMILES string of the molecule is CN(C)c1ccc(CC2C(=O)Nc3ccc([N+](=O)[O-])cc32)cc1.Cl. The second kappa shape index (κ2) is 6.88. The van der Waals surface area contributed by atoms with Gasteiger partial charge < -0.3 is 10.2 Å². The number of hydrogen-bond donors (Lipinski definition) is 1. The quantitative estimate of drug-likeness (QED) is 0.679. The molecule has 24 heavy (non-hydrogen) atoms. The Bertz CT molecular complexity index is 775. The van der Waals surface area contributed by atoms with Crippen molar-refractivity contribution in [1.82, 2.24) is 0 Å². The molecule has 0 radical (unpaired) electrons. The van der Waals surface area contributed by atoms with Crippen molar-refractivity contribution in [3.05, 3.63) is 63.7 Å². The number of carbonyl (C=O) groups is 1. The van der Waals surface area contributed by atoms with Crippen LogP contribution in [0.3, 0.4) is 0 Å². The number of nitrogens with zero attached hydrogens (tertiary/aromatic N) is 2. The van der Waals surface area contributed by atoms with Crippen LogP contribution in [0.4, 0.5) is 17.1 Å². The molecule has 2 aromatic carbocycles. The van der Waals surface area contributed by atoms with E-state index in [0.29, 0.717) is 17.7 Å². The minimum Gasteiger partial charge on any atom is -0.378 e. The van der Waals surface area contributed by atoms with Crippen LogP contribution in [0.25, 0.3) is 0 Å². The monoisotopic (exact) mass is 347 g/mol. The lowest BCUT2D eigenvalue weighted by Crippen LogP contribution is -2.14. The van der Waals surface area contributed by atoms with E-state index in [1.165, 1.54) is 12.1 Å². The van der Waals surface area contributed by atoms with Crippen molar-refractivity contribution in [3.63, 3.8) is 0 Å². The van der Waals surface area contributed by atoms with Crippen molar-refractivity contribution < 1.29 is 9.72 Å². The van der Waals surface area contributed by atoms with E-state index in [1.54, 1.807) is 6.07 Å². The highest BCUT2D eigenvalue weighted by atomic mass is 35.5. The van der Waals surface area contributed by atoms with Gasteiger partial charge in [-0.2, -0.15) is 0 Å². The zero-order valence-corrected chi connectivity index (χ0v) is 14.2. The number of hydrogen-bond acceptors (Lipinski definition) is 4. The second-order valence-corrected chi connectivity index (χ2v) is 5.84. The maximum Gasteiger partial charge on any atom is 0.269 e. The molecule has 0 spiro atoms. The van der Waals surface area contributed by atoms with Crippen LogP contribution in [0.15, 0.2) is 42.5 Å². The van der Waals surface area contributed by atoms with E-state index in [0.717, 1.165) is 11.3 Å². The molecule has 6 nitrogen and oxygen atoms in total. The number of halogens is 1. The van der Waals surface area contributed by atoms with Crippen LogP contribution in [-0.4, -0.2) is 24.9 Å². The summed E-state index contributed by atoms with van der Waals surface area (Å²) in [6, 6.07) is 12.5. The molecule has 1 aliphatic rings. The normalized spacial score (nSPS) is 15.2. The highest BCUT2D eigenvalue weighted by Gasteiger charge is 2.32. The number of anilines is 2. The summed E-state index contributed by atoms with van der Waals surface area (Å²) < 4.78 is 0. The first-order chi connectivity index (χ1) is 11.0. The standard InChI is InChI=1S/C17H17N3O3.ClH/c1-19(2)12-5-3-11(4-6-12)9-15-14-10-13(20(22)23)7-8-16(14)18-17(15)21;/h3-8,10,15H,9H2,1-2H3,(H,18,21);1H. The molecule has 1 aliphatic heterocycles. The summed E-state index contributed by atoms with van der Waals surface area (Å²) in [6.45, 7) is 0. The smallest absolute Gasteiger partial charge is 0.269 e. The van der Waals surface area contributed by atoms with Gasteiger partial charge in [0, 0.05) is 37.6 Å². The van der Waals surface area contributed by atoms with E-state index < -0.39 is 10.8 Å². The third kappa shape index (κ3) is 3.33. The molecule has 3 rings (SSSR count). The van der Waals surface area contributed by atoms with Crippen LogP contribution in [0.2, 0.25) is 0 Å². The van der Waals surface area contributed by atoms with Gasteiger partial charge in [0.05, 0.1) is 10.8 Å². The molecule has 0 saturated carbocycles. The van der Waals surface area contributed by atoms with E-state index in [4.69, 9.17) is 0 Å². The lowest BCUT2D eigenvalue weighted by molar-refractivity contribution is -0.384. The second-order valence-electron chi connectivity index (χ2n) is 5.84. The topological polar surface area (TPSA) is 75.5 Å². The molecule has 7 heteroatoms. The van der Waals surface area contributed by atoms with Gasteiger partial charge in [-0.1, -0.05) is 12.1 Å². The molecule has 1 amide bonds. The summed E-state index contributed by atoms with van der Waals surface area (Å²) in [7, 11) is 3.93. The van der Waals surface area contributed by atoms with E-state index >= 15 is 0 Å². The number of nitro groups is 1. The third-order valence-corrected chi connectivity index (χ3v) is 4.09. The first-order valence-electron chi connectivity index (χ1n) is 7.31. The Morgan fingerprint density at radius 3 is 2.42 bits per heavy atom. The highest BCUT2D eigenvalue weighted by molar-refractivity contribution is 6.03. The van der Waals surface area contributed by atoms with Gasteiger partial charge in [0.2, 0.25) is 5.91 Å². The molecule has 0 fully saturated rings. The van der Waals surface area contributed by atoms with Crippen LogP contribution in [0.5, 0.6) is 0 Å². The lowest BCUT2D eigenvalue weighted by atomic mass is 9.93. The average Bonchev–Trinajstić information content (AvgIpc) is 2.83. The fourth-order valence-corrected chi connectivity index (χ4v) is 2.80. The van der Waals surface area contributed by atoms with Gasteiger partial charge in [-0.15, -0.1) is 12.4 Å². The Labute approximate surface area is 146 Å². The molecule has 2 aromatic rings. The van der Waals surface area contributed by atoms with Crippen molar-refractivity contribution in [2.45, 2.75) is 12.3 Å². The molecule has 1 heterocycles. The maximum atomic E-state index is 12.2. The van der Waals surface area contributed by atoms with Crippen molar-refractivity contribution in [2.24, 2.45) is 0 Å². The van der Waals surface area contributed by atoms with Crippen LogP contribution in [0, 0.1) is 10.1 Å². The van der Waals surface area contributed by atoms with Crippen LogP contribution >= 0.6 is 12.4 Å². The van der Waals surface area contributed by atoms with E-state index in [1.807, 2.05) is 43.3 Å². The Kier molecular flexibility index (Phi) is 5.09. The van der Waals surface area contributed by atoms with Gasteiger partial charge >= 0.3 is 0 Å². The number of rotatable bonds is 4. The van der Waals surface area contributed by atoms with Gasteiger partial charge in [0.1, 0.15) is 0 Å². The Hall–Kier alpha value is -2.60. The van der Waals surface area contributed by atoms with Crippen LogP contribution in [0.1, 0.15) is 17.0 Å². The number of amides is 1. The lowest BCUT2D eigenvalue weighted by Gasteiger charge is -2.14. The summed E-state index contributed by atoms with van der Waals surface area (Å²) in [6.07, 6.45) is 0.522. The minimum absolute atomic E-state index is 0. The highest BCUT2D eigenvalue weighted by Crippen LogP contribution is 2.37. The number of nitro benzene ring substituents is 1. The van der Waals surface area contributed by atoms with Crippen molar-refractivity contribution in [2.75, 3.05) is 24.3 Å². The Balaban J connectivity index is 0.00000208. The van der Waals surface area contributed by atoms with Crippen molar-refractivity contribution in [1.29, 1.82) is 0 Å². The predicted molar refractivity (Wildman–Crippen MR) is 96.2 cm³/mol. The number of carbonyl (C=O) groups excluding carboxylic acids is 1. The molecular formula is C17H18ClN3O3. The molecule has 0 saturated heterocycles. The first kappa shape index (κ1) is 17.7. The molecule has 1 atom stereocenters. The number of fused-ring (bicyclic) bond motifs is 1. The van der Waals surface area contributed by atoms with E-state index in [-0.39, 0.29) is 24.0 Å². The molecule has 1 N–H and O–H groups in total. The van der Waals surface area contributed by atoms with Gasteiger partial charge in [-0.3, -0.25) is 14.9 Å². The fraction of sp³-hybridized carbons (Fsp3) is 0.235. The molecule has 126 valence electrons. The predicted octanol–water partition coefficient (Wildman–Crippen LogP) is 3.36. The molecule has 0 aliphatic carbocycles. The largest absolute Gasteiger partial charge is 0.378 e. The fourth-order valence-electron chi connectivity index (χ4n) is 2.80. The molecule has 0 aromatic heterocycles.